The van der Waals surface area contributed by atoms with Gasteiger partial charge in [-0.15, -0.1) is 0 Å². The standard InChI is InChI=1S/C14H20N2O3S/c1-3-10-20(18,19)16-9-8-15-14(17)13(16)12-6-4-11(2)5-7-12/h4-7,13H,3,8-10H2,1-2H3,(H,15,17). The van der Waals surface area contributed by atoms with Gasteiger partial charge in [0.05, 0.1) is 5.75 Å². The Morgan fingerprint density at radius 1 is 1.30 bits per heavy atom. The molecule has 0 aromatic heterocycles. The number of piperazine rings is 1. The molecule has 0 saturated carbocycles. The Morgan fingerprint density at radius 3 is 2.55 bits per heavy atom. The second-order valence-electron chi connectivity index (χ2n) is 5.03. The molecular formula is C14H20N2O3S. The highest BCUT2D eigenvalue weighted by molar-refractivity contribution is 7.89. The van der Waals surface area contributed by atoms with E-state index in [1.54, 1.807) is 0 Å². The number of sulfonamides is 1. The quantitative estimate of drug-likeness (QED) is 0.908. The Morgan fingerprint density at radius 2 is 1.95 bits per heavy atom. The number of carbonyl (C=O) groups excluding carboxylic acids is 1. The molecule has 5 nitrogen and oxygen atoms in total. The fraction of sp³-hybridized carbons (Fsp3) is 0.500. The summed E-state index contributed by atoms with van der Waals surface area (Å²) in [6, 6.07) is 6.67. The molecule has 1 amide bonds. The van der Waals surface area contributed by atoms with Crippen LogP contribution >= 0.6 is 0 Å². The van der Waals surface area contributed by atoms with Gasteiger partial charge in [-0.3, -0.25) is 4.79 Å². The summed E-state index contributed by atoms with van der Waals surface area (Å²) in [5, 5.41) is 2.74. The average molecular weight is 296 g/mol. The third kappa shape index (κ3) is 3.02. The first kappa shape index (κ1) is 15.0. The van der Waals surface area contributed by atoms with E-state index in [0.717, 1.165) is 5.56 Å². The summed E-state index contributed by atoms with van der Waals surface area (Å²) in [5.41, 5.74) is 1.79. The number of carbonyl (C=O) groups is 1. The molecule has 6 heteroatoms. The Labute approximate surface area is 120 Å². The van der Waals surface area contributed by atoms with Gasteiger partial charge in [0.1, 0.15) is 6.04 Å². The number of hydrogen-bond acceptors (Lipinski definition) is 3. The summed E-state index contributed by atoms with van der Waals surface area (Å²) in [7, 11) is -3.40. The SMILES string of the molecule is CCCS(=O)(=O)N1CCNC(=O)C1c1ccc(C)cc1. The van der Waals surface area contributed by atoms with Gasteiger partial charge in [0.2, 0.25) is 15.9 Å². The van der Waals surface area contributed by atoms with Gasteiger partial charge in [0.15, 0.2) is 0 Å². The second kappa shape index (κ2) is 5.93. The fourth-order valence-corrected chi connectivity index (χ4v) is 4.05. The molecular weight excluding hydrogens is 276 g/mol. The third-order valence-electron chi connectivity index (χ3n) is 3.38. The molecule has 1 aliphatic heterocycles. The van der Waals surface area contributed by atoms with E-state index in [4.69, 9.17) is 0 Å². The molecule has 0 radical (unpaired) electrons. The monoisotopic (exact) mass is 296 g/mol. The molecule has 110 valence electrons. The summed E-state index contributed by atoms with van der Waals surface area (Å²) < 4.78 is 26.0. The van der Waals surface area contributed by atoms with Crippen LogP contribution in [0.5, 0.6) is 0 Å². The lowest BCUT2D eigenvalue weighted by atomic mass is 10.0. The zero-order valence-electron chi connectivity index (χ0n) is 11.8. The van der Waals surface area contributed by atoms with Crippen molar-refractivity contribution < 1.29 is 13.2 Å². The third-order valence-corrected chi connectivity index (χ3v) is 5.41. The summed E-state index contributed by atoms with van der Waals surface area (Å²) in [5.74, 6) is -0.178. The van der Waals surface area contributed by atoms with E-state index in [-0.39, 0.29) is 11.7 Å². The van der Waals surface area contributed by atoms with Crippen LogP contribution in [0.2, 0.25) is 0 Å². The van der Waals surface area contributed by atoms with Crippen LogP contribution < -0.4 is 5.32 Å². The summed E-state index contributed by atoms with van der Waals surface area (Å²) in [4.78, 5) is 12.1. The average Bonchev–Trinajstić information content (AvgIpc) is 2.40. The maximum Gasteiger partial charge on any atom is 0.243 e. The van der Waals surface area contributed by atoms with Gasteiger partial charge >= 0.3 is 0 Å². The second-order valence-corrected chi connectivity index (χ2v) is 7.07. The number of benzene rings is 1. The summed E-state index contributed by atoms with van der Waals surface area (Å²) >= 11 is 0. The van der Waals surface area contributed by atoms with Crippen LogP contribution in [0.3, 0.4) is 0 Å². The van der Waals surface area contributed by atoms with E-state index in [9.17, 15) is 13.2 Å². The van der Waals surface area contributed by atoms with Crippen molar-refractivity contribution >= 4 is 15.9 Å². The summed E-state index contributed by atoms with van der Waals surface area (Å²) in [6.07, 6.45) is 0.543. The Balaban J connectivity index is 2.39. The molecule has 1 aliphatic rings. The highest BCUT2D eigenvalue weighted by Crippen LogP contribution is 2.26. The molecule has 1 unspecified atom stereocenters. The number of nitrogens with one attached hydrogen (secondary N) is 1. The molecule has 2 rings (SSSR count). The van der Waals surface area contributed by atoms with Crippen LogP contribution in [0.15, 0.2) is 24.3 Å². The van der Waals surface area contributed by atoms with Gasteiger partial charge < -0.3 is 5.32 Å². The van der Waals surface area contributed by atoms with E-state index >= 15 is 0 Å². The van der Waals surface area contributed by atoms with Crippen LogP contribution in [0.1, 0.15) is 30.5 Å². The first-order valence-corrected chi connectivity index (χ1v) is 8.40. The van der Waals surface area contributed by atoms with Gasteiger partial charge in [0, 0.05) is 13.1 Å². The molecule has 1 aromatic carbocycles. The lowest BCUT2D eigenvalue weighted by Crippen LogP contribution is -2.52. The minimum atomic E-state index is -3.40. The van der Waals surface area contributed by atoms with Crippen molar-refractivity contribution in [1.82, 2.24) is 9.62 Å². The molecule has 1 heterocycles. The molecule has 1 aromatic rings. The predicted octanol–water partition coefficient (Wildman–Crippen LogP) is 1.21. The van der Waals surface area contributed by atoms with Gasteiger partial charge in [-0.1, -0.05) is 36.8 Å². The van der Waals surface area contributed by atoms with Crippen LogP contribution in [0, 0.1) is 6.92 Å². The van der Waals surface area contributed by atoms with Gasteiger partial charge in [-0.2, -0.15) is 4.31 Å². The minimum Gasteiger partial charge on any atom is -0.353 e. The van der Waals surface area contributed by atoms with Crippen molar-refractivity contribution in [2.75, 3.05) is 18.8 Å². The number of nitrogens with zero attached hydrogens (tertiary/aromatic N) is 1. The highest BCUT2D eigenvalue weighted by Gasteiger charge is 2.37. The predicted molar refractivity (Wildman–Crippen MR) is 77.7 cm³/mol. The molecule has 0 spiro atoms. The number of rotatable bonds is 4. The van der Waals surface area contributed by atoms with Crippen LogP contribution in [-0.4, -0.2) is 37.5 Å². The lowest BCUT2D eigenvalue weighted by molar-refractivity contribution is -0.126. The van der Waals surface area contributed by atoms with Crippen molar-refractivity contribution in [2.45, 2.75) is 26.3 Å². The first-order valence-electron chi connectivity index (χ1n) is 6.79. The van der Waals surface area contributed by atoms with Crippen molar-refractivity contribution in [3.8, 4) is 0 Å². The number of amides is 1. The number of hydrogen-bond donors (Lipinski definition) is 1. The maximum absolute atomic E-state index is 12.3. The van der Waals surface area contributed by atoms with Crippen molar-refractivity contribution in [2.24, 2.45) is 0 Å². The zero-order chi connectivity index (χ0) is 14.8. The molecule has 0 aliphatic carbocycles. The van der Waals surface area contributed by atoms with E-state index in [1.165, 1.54) is 4.31 Å². The minimum absolute atomic E-state index is 0.0721. The Hall–Kier alpha value is -1.40. The van der Waals surface area contributed by atoms with Crippen molar-refractivity contribution in [3.05, 3.63) is 35.4 Å². The van der Waals surface area contributed by atoms with Crippen LogP contribution in [0.25, 0.3) is 0 Å². The normalized spacial score (nSPS) is 20.7. The first-order chi connectivity index (χ1) is 9.45. The van der Waals surface area contributed by atoms with Crippen molar-refractivity contribution in [1.29, 1.82) is 0 Å². The van der Waals surface area contributed by atoms with Crippen LogP contribution in [-0.2, 0) is 14.8 Å². The largest absolute Gasteiger partial charge is 0.353 e. The highest BCUT2D eigenvalue weighted by atomic mass is 32.2. The molecule has 1 atom stereocenters. The molecule has 1 N–H and O–H groups in total. The molecule has 0 bridgehead atoms. The Kier molecular flexibility index (Phi) is 4.45. The fourth-order valence-electron chi connectivity index (χ4n) is 2.39. The van der Waals surface area contributed by atoms with E-state index in [2.05, 4.69) is 5.32 Å². The number of aryl methyl sites for hydroxylation is 1. The van der Waals surface area contributed by atoms with Crippen molar-refractivity contribution in [3.63, 3.8) is 0 Å². The molecule has 20 heavy (non-hydrogen) atoms. The summed E-state index contributed by atoms with van der Waals surface area (Å²) in [6.45, 7) is 4.47. The van der Waals surface area contributed by atoms with Crippen LogP contribution in [0.4, 0.5) is 0 Å². The smallest absolute Gasteiger partial charge is 0.243 e. The molecule has 1 fully saturated rings. The van der Waals surface area contributed by atoms with E-state index < -0.39 is 16.1 Å². The van der Waals surface area contributed by atoms with Gasteiger partial charge in [0.25, 0.3) is 0 Å². The van der Waals surface area contributed by atoms with E-state index in [1.807, 2.05) is 38.1 Å². The van der Waals surface area contributed by atoms with Gasteiger partial charge in [-0.25, -0.2) is 8.42 Å². The lowest BCUT2D eigenvalue weighted by Gasteiger charge is -2.34. The van der Waals surface area contributed by atoms with Gasteiger partial charge in [-0.05, 0) is 18.9 Å². The molecule has 1 saturated heterocycles. The zero-order valence-corrected chi connectivity index (χ0v) is 12.6. The topological polar surface area (TPSA) is 66.5 Å². The Bertz CT molecular complexity index is 581. The van der Waals surface area contributed by atoms with E-state index in [0.29, 0.717) is 25.1 Å². The maximum atomic E-state index is 12.3.